The Balaban J connectivity index is 1.49. The van der Waals surface area contributed by atoms with Crippen LogP contribution in [0.3, 0.4) is 0 Å². The molecule has 2 aromatic heterocycles. The van der Waals surface area contributed by atoms with E-state index in [1.54, 1.807) is 0 Å². The zero-order chi connectivity index (χ0) is 27.4. The van der Waals surface area contributed by atoms with Gasteiger partial charge in [-0.1, -0.05) is 79.2 Å². The van der Waals surface area contributed by atoms with E-state index in [9.17, 15) is 4.79 Å². The number of aromatic nitrogens is 5. The number of aryl methyl sites for hydroxylation is 5. The van der Waals surface area contributed by atoms with Gasteiger partial charge in [-0.15, -0.1) is 5.10 Å². The highest BCUT2D eigenvalue weighted by Crippen LogP contribution is 2.27. The Bertz CT molecular complexity index is 1600. The third-order valence-corrected chi connectivity index (χ3v) is 7.65. The minimum Gasteiger partial charge on any atom is -0.321 e. The molecular weight excluding hydrogens is 484 g/mol. The Labute approximate surface area is 229 Å². The smallest absolute Gasteiger partial charge is 0.252 e. The highest BCUT2D eigenvalue weighted by atomic mass is 16.1. The molecule has 1 atom stereocenters. The van der Waals surface area contributed by atoms with Crippen molar-refractivity contribution in [3.8, 4) is 0 Å². The zero-order valence-electron chi connectivity index (χ0n) is 23.2. The van der Waals surface area contributed by atoms with Gasteiger partial charge in [0.1, 0.15) is 0 Å². The number of hydrogen-bond donors (Lipinski definition) is 1. The van der Waals surface area contributed by atoms with Gasteiger partial charge in [0.05, 0.1) is 11.6 Å². The molecule has 3 aromatic carbocycles. The van der Waals surface area contributed by atoms with Crippen LogP contribution in [-0.4, -0.2) is 30.1 Å². The van der Waals surface area contributed by atoms with Crippen molar-refractivity contribution >= 4 is 10.9 Å². The van der Waals surface area contributed by atoms with Crippen molar-refractivity contribution in [3.05, 3.63) is 122 Å². The van der Waals surface area contributed by atoms with Crippen molar-refractivity contribution in [3.63, 3.8) is 0 Å². The molecule has 0 saturated carbocycles. The highest BCUT2D eigenvalue weighted by molar-refractivity contribution is 5.83. The Morgan fingerprint density at radius 2 is 1.69 bits per heavy atom. The molecule has 0 radical (unpaired) electrons. The van der Waals surface area contributed by atoms with Crippen LogP contribution in [0, 0.1) is 20.8 Å². The van der Waals surface area contributed by atoms with Crippen molar-refractivity contribution in [1.29, 1.82) is 0 Å². The second kappa shape index (κ2) is 11.7. The number of fused-ring (bicyclic) bond motifs is 1. The molecule has 0 unspecified atom stereocenters. The van der Waals surface area contributed by atoms with Gasteiger partial charge in [0, 0.05) is 25.2 Å². The van der Waals surface area contributed by atoms with Gasteiger partial charge in [0.25, 0.3) is 5.56 Å². The van der Waals surface area contributed by atoms with Crippen LogP contribution in [0.4, 0.5) is 0 Å². The van der Waals surface area contributed by atoms with Gasteiger partial charge in [-0.2, -0.15) is 0 Å². The number of aromatic amines is 1. The van der Waals surface area contributed by atoms with Crippen LogP contribution < -0.4 is 5.56 Å². The van der Waals surface area contributed by atoms with E-state index in [4.69, 9.17) is 0 Å². The normalized spacial score (nSPS) is 12.3. The fourth-order valence-corrected chi connectivity index (χ4v) is 5.20. The quantitative estimate of drug-likeness (QED) is 0.250. The molecule has 0 spiro atoms. The van der Waals surface area contributed by atoms with Crippen molar-refractivity contribution in [2.75, 3.05) is 0 Å². The van der Waals surface area contributed by atoms with E-state index in [1.807, 2.05) is 16.8 Å². The standard InChI is InChI=1S/C32H36N6O/c1-5-29(31-34-35-36-38(31)18-17-25-9-7-6-8-10-25)37(20-26-14-11-22(2)12-15-26)21-28-19-27-16-13-23(3)24(4)30(27)33-32(28)39/h6-16,19,29H,5,17-18,20-21H2,1-4H3,(H,33,39)/t29-/m0/s1. The number of benzene rings is 3. The number of hydrogen-bond acceptors (Lipinski definition) is 5. The molecule has 0 fully saturated rings. The Kier molecular flexibility index (Phi) is 7.98. The molecule has 7 heteroatoms. The number of pyridine rings is 1. The van der Waals surface area contributed by atoms with Crippen molar-refractivity contribution in [2.24, 2.45) is 0 Å². The number of tetrazole rings is 1. The van der Waals surface area contributed by atoms with Crippen LogP contribution in [0.25, 0.3) is 10.9 Å². The molecule has 5 rings (SSSR count). The summed E-state index contributed by atoms with van der Waals surface area (Å²) >= 11 is 0. The van der Waals surface area contributed by atoms with Gasteiger partial charge in [-0.05, 0) is 77.7 Å². The molecule has 39 heavy (non-hydrogen) atoms. The minimum absolute atomic E-state index is 0.0522. The first-order chi connectivity index (χ1) is 18.9. The van der Waals surface area contributed by atoms with Gasteiger partial charge in [0.2, 0.25) is 0 Å². The van der Waals surface area contributed by atoms with Crippen molar-refractivity contribution in [2.45, 2.75) is 66.2 Å². The molecule has 200 valence electrons. The molecule has 1 N–H and O–H groups in total. The SMILES string of the molecule is CC[C@@H](c1nnnn1CCc1ccccc1)N(Cc1ccc(C)cc1)Cc1cc2ccc(C)c(C)c2[nH]c1=O. The average Bonchev–Trinajstić information content (AvgIpc) is 3.41. The molecule has 7 nitrogen and oxygen atoms in total. The van der Waals surface area contributed by atoms with Crippen LogP contribution in [0.15, 0.2) is 77.6 Å². The number of nitrogens with zero attached hydrogens (tertiary/aromatic N) is 5. The van der Waals surface area contributed by atoms with Crippen LogP contribution in [0.2, 0.25) is 0 Å². The predicted octanol–water partition coefficient (Wildman–Crippen LogP) is 5.84. The maximum atomic E-state index is 13.3. The summed E-state index contributed by atoms with van der Waals surface area (Å²) in [6.07, 6.45) is 1.65. The van der Waals surface area contributed by atoms with E-state index in [-0.39, 0.29) is 11.6 Å². The van der Waals surface area contributed by atoms with Crippen molar-refractivity contribution < 1.29 is 0 Å². The van der Waals surface area contributed by atoms with Crippen LogP contribution in [0.5, 0.6) is 0 Å². The molecule has 0 amide bonds. The topological polar surface area (TPSA) is 79.7 Å². The molecule has 0 bridgehead atoms. The monoisotopic (exact) mass is 520 g/mol. The fourth-order valence-electron chi connectivity index (χ4n) is 5.20. The molecule has 2 heterocycles. The van der Waals surface area contributed by atoms with E-state index in [0.717, 1.165) is 40.7 Å². The second-order valence-electron chi connectivity index (χ2n) is 10.4. The summed E-state index contributed by atoms with van der Waals surface area (Å²) in [5.41, 5.74) is 7.52. The lowest BCUT2D eigenvalue weighted by Gasteiger charge is -2.30. The molecular formula is C32H36N6O. The van der Waals surface area contributed by atoms with Crippen molar-refractivity contribution in [1.82, 2.24) is 30.1 Å². The summed E-state index contributed by atoms with van der Waals surface area (Å²) in [6, 6.07) is 25.1. The fraction of sp³-hybridized carbons (Fsp3) is 0.312. The van der Waals surface area contributed by atoms with Gasteiger partial charge in [-0.25, -0.2) is 4.68 Å². The summed E-state index contributed by atoms with van der Waals surface area (Å²) in [6.45, 7) is 10.2. The first-order valence-electron chi connectivity index (χ1n) is 13.6. The zero-order valence-corrected chi connectivity index (χ0v) is 23.2. The van der Waals surface area contributed by atoms with E-state index >= 15 is 0 Å². The van der Waals surface area contributed by atoms with Gasteiger partial charge in [0.15, 0.2) is 5.82 Å². The minimum atomic E-state index is -0.0630. The van der Waals surface area contributed by atoms with Gasteiger partial charge >= 0.3 is 0 Å². The lowest BCUT2D eigenvalue weighted by atomic mass is 10.0. The summed E-state index contributed by atoms with van der Waals surface area (Å²) in [5.74, 6) is 0.823. The number of H-pyrrole nitrogens is 1. The Morgan fingerprint density at radius 3 is 2.44 bits per heavy atom. The van der Waals surface area contributed by atoms with Crippen LogP contribution in [-0.2, 0) is 26.1 Å². The molecule has 0 aliphatic rings. The van der Waals surface area contributed by atoms with E-state index in [1.165, 1.54) is 22.3 Å². The first kappa shape index (κ1) is 26.5. The van der Waals surface area contributed by atoms with Gasteiger partial charge in [-0.3, -0.25) is 9.69 Å². The Hall–Kier alpha value is -4.10. The largest absolute Gasteiger partial charge is 0.321 e. The van der Waals surface area contributed by atoms with Gasteiger partial charge < -0.3 is 4.98 Å². The first-order valence-corrected chi connectivity index (χ1v) is 13.6. The predicted molar refractivity (Wildman–Crippen MR) is 155 cm³/mol. The number of rotatable bonds is 10. The second-order valence-corrected chi connectivity index (χ2v) is 10.4. The highest BCUT2D eigenvalue weighted by Gasteiger charge is 2.26. The third-order valence-electron chi connectivity index (χ3n) is 7.65. The molecule has 0 aliphatic carbocycles. The summed E-state index contributed by atoms with van der Waals surface area (Å²) < 4.78 is 1.92. The average molecular weight is 521 g/mol. The van der Waals surface area contributed by atoms with E-state index < -0.39 is 0 Å². The van der Waals surface area contributed by atoms with E-state index in [0.29, 0.717) is 19.6 Å². The summed E-state index contributed by atoms with van der Waals surface area (Å²) in [4.78, 5) is 18.8. The molecule has 0 aliphatic heterocycles. The number of nitrogens with one attached hydrogen (secondary N) is 1. The lowest BCUT2D eigenvalue weighted by molar-refractivity contribution is 0.160. The van der Waals surface area contributed by atoms with E-state index in [2.05, 4.69) is 114 Å². The molecule has 5 aromatic rings. The maximum Gasteiger partial charge on any atom is 0.252 e. The lowest BCUT2D eigenvalue weighted by Crippen LogP contribution is -2.32. The van der Waals surface area contributed by atoms with Crippen LogP contribution >= 0.6 is 0 Å². The Morgan fingerprint density at radius 1 is 0.923 bits per heavy atom. The summed E-state index contributed by atoms with van der Waals surface area (Å²) in [7, 11) is 0. The molecule has 0 saturated heterocycles. The maximum absolute atomic E-state index is 13.3. The summed E-state index contributed by atoms with van der Waals surface area (Å²) in [5, 5.41) is 13.9. The third kappa shape index (κ3) is 5.99. The van der Waals surface area contributed by atoms with Crippen LogP contribution in [0.1, 0.15) is 58.6 Å².